The van der Waals surface area contributed by atoms with Crippen molar-refractivity contribution in [3.8, 4) is 0 Å². The molecule has 6 heteroatoms. The number of nitrogens with one attached hydrogen (secondary N) is 1. The molecule has 0 amide bonds. The number of hydrogen-bond acceptors (Lipinski definition) is 2. The van der Waals surface area contributed by atoms with Gasteiger partial charge >= 0.3 is 96.6 Å². The Balaban J connectivity index is 2.81. The quantitative estimate of drug-likeness (QED) is 0.527. The topological polar surface area (TPSA) is 66.0 Å². The van der Waals surface area contributed by atoms with Crippen molar-refractivity contribution in [1.29, 1.82) is 0 Å². The monoisotopic (exact) mass is 278 g/mol. The predicted octanol–water partition coefficient (Wildman–Crippen LogP) is -1.36. The van der Waals surface area contributed by atoms with Gasteiger partial charge in [-0.05, 0) is 0 Å². The summed E-state index contributed by atoms with van der Waals surface area (Å²) in [6.07, 6.45) is 2.14. The number of H-pyrrole nitrogens is 1. The zero-order chi connectivity index (χ0) is 11.6. The molecule has 0 saturated heterocycles. The number of hydrogen-bond donors (Lipinski definition) is 2. The number of nitrogens with zero attached hydrogens (tertiary/aromatic N) is 2. The molecule has 1 rings (SSSR count). The van der Waals surface area contributed by atoms with Crippen molar-refractivity contribution >= 4 is 26.7 Å². The summed E-state index contributed by atoms with van der Waals surface area (Å²) in [5, 5.41) is 9.12. The Hall–Kier alpha value is -0.841. The molecule has 0 spiro atoms. The molecule has 0 aromatic carbocycles. The molecule has 1 unspecified atom stereocenters. The minimum absolute atomic E-state index is 0.391. The first-order chi connectivity index (χ1) is 6.80. The van der Waals surface area contributed by atoms with Gasteiger partial charge < -0.3 is 0 Å². The molecule has 0 bridgehead atoms. The molecule has 1 heterocycles. The van der Waals surface area contributed by atoms with E-state index in [-0.39, 0.29) is 0 Å². The molecule has 15 heavy (non-hydrogen) atoms. The second-order valence-corrected chi connectivity index (χ2v) is 5.30. The molecule has 84 valence electrons. The van der Waals surface area contributed by atoms with Crippen LogP contribution in [0.5, 0.6) is 0 Å². The third kappa shape index (κ3) is 3.34. The third-order valence-electron chi connectivity index (χ3n) is 2.25. The number of aromatic nitrogens is 2. The van der Waals surface area contributed by atoms with Gasteiger partial charge in [-0.25, -0.2) is 0 Å². The van der Waals surface area contributed by atoms with E-state index < -0.39 is 12.0 Å². The van der Waals surface area contributed by atoms with Gasteiger partial charge in [0.15, 0.2) is 0 Å². The van der Waals surface area contributed by atoms with E-state index in [1.54, 1.807) is 6.20 Å². The van der Waals surface area contributed by atoms with E-state index in [9.17, 15) is 4.79 Å². The van der Waals surface area contributed by atoms with E-state index >= 15 is 0 Å². The van der Waals surface area contributed by atoms with Gasteiger partial charge in [-0.15, -0.1) is 0 Å². The molecule has 0 aliphatic heterocycles. The van der Waals surface area contributed by atoms with Crippen LogP contribution in [0.4, 0.5) is 0 Å². The van der Waals surface area contributed by atoms with E-state index in [1.165, 1.54) is 0 Å². The Morgan fingerprint density at radius 1 is 1.67 bits per heavy atom. The summed E-state index contributed by atoms with van der Waals surface area (Å²) in [7, 11) is 5.62. The summed E-state index contributed by atoms with van der Waals surface area (Å²) in [6, 6.07) is -0.461. The Kier molecular flexibility index (Phi) is 3.54. The number of carbonyl (C=O) groups is 1. The molecule has 2 N–H and O–H groups in total. The van der Waals surface area contributed by atoms with Crippen LogP contribution in [-0.4, -0.2) is 68.7 Å². The van der Waals surface area contributed by atoms with Crippen LogP contribution in [-0.2, 0) is 11.2 Å². The van der Waals surface area contributed by atoms with Crippen molar-refractivity contribution in [2.45, 2.75) is 12.5 Å². The fraction of sp³-hybridized carbons (Fsp3) is 0.556. The number of rotatable bonds is 4. The molecule has 0 radical (unpaired) electrons. The van der Waals surface area contributed by atoms with Gasteiger partial charge in [0.25, 0.3) is 0 Å². The van der Waals surface area contributed by atoms with Crippen LogP contribution in [0.25, 0.3) is 0 Å². The van der Waals surface area contributed by atoms with Crippen molar-refractivity contribution in [3.63, 3.8) is 0 Å². The second kappa shape index (κ2) is 4.35. The molecule has 1 aromatic rings. The third-order valence-corrected chi connectivity index (χ3v) is 2.73. The van der Waals surface area contributed by atoms with Gasteiger partial charge in [-0.3, -0.25) is 0 Å². The molecule has 0 fully saturated rings. The maximum atomic E-state index is 11.1. The Morgan fingerprint density at radius 3 is 2.60 bits per heavy atom. The summed E-state index contributed by atoms with van der Waals surface area (Å²) in [4.78, 5) is 18.2. The number of aliphatic carboxylic acids is 1. The summed E-state index contributed by atoms with van der Waals surface area (Å²) < 4.78 is 1.14. The van der Waals surface area contributed by atoms with Crippen molar-refractivity contribution in [3.05, 3.63) is 11.9 Å². The summed E-state index contributed by atoms with van der Waals surface area (Å²) >= 11 is 2.30. The molecule has 5 nitrogen and oxygen atoms in total. The number of aromatic amines is 1. The maximum absolute atomic E-state index is 11.1. The number of imidazole rings is 1. The van der Waals surface area contributed by atoms with Crippen LogP contribution < -0.4 is 4.72 Å². The Bertz CT molecular complexity index is 356. The van der Waals surface area contributed by atoms with Gasteiger partial charge in [0.2, 0.25) is 0 Å². The van der Waals surface area contributed by atoms with Gasteiger partial charge in [0, 0.05) is 0 Å². The van der Waals surface area contributed by atoms with E-state index in [4.69, 9.17) is 5.11 Å². The molecule has 0 aliphatic rings. The van der Waals surface area contributed by atoms with Crippen LogP contribution in [0.2, 0.25) is 0 Å². The summed E-state index contributed by atoms with van der Waals surface area (Å²) in [5.41, 5.74) is 0.853. The minimum atomic E-state index is -0.788. The van der Waals surface area contributed by atoms with E-state index in [2.05, 4.69) is 26.0 Å². The SMILES string of the molecule is C[N+](C)(C)C(Cc1cnc([SeH])[nH]1)C(=O)O. The number of carboxylic acids is 1. The number of carboxylic acid groups (broad SMARTS) is 1. The molecule has 1 atom stereocenters. The summed E-state index contributed by atoms with van der Waals surface area (Å²) in [5.74, 6) is -0.788. The number of quaternary nitrogens is 1. The van der Waals surface area contributed by atoms with Gasteiger partial charge in [-0.2, -0.15) is 0 Å². The average molecular weight is 277 g/mol. The predicted molar refractivity (Wildman–Crippen MR) is 58.5 cm³/mol. The Labute approximate surface area is 96.9 Å². The van der Waals surface area contributed by atoms with E-state index in [1.807, 2.05) is 21.1 Å². The normalized spacial score (nSPS) is 13.9. The standard InChI is InChI=1S/C9H15N3O2Se/c1-12(2,3)7(8(13)14)4-6-5-10-9(15)11-6/h5,7H,4H2,1-3H3,(H2-,10,11,13,14,15)/p+1. The average Bonchev–Trinajstić information content (AvgIpc) is 2.44. The zero-order valence-electron chi connectivity index (χ0n) is 9.06. The Morgan fingerprint density at radius 2 is 2.27 bits per heavy atom. The van der Waals surface area contributed by atoms with Crippen molar-refractivity contribution < 1.29 is 14.4 Å². The molecule has 1 aromatic heterocycles. The first kappa shape index (κ1) is 12.2. The fourth-order valence-corrected chi connectivity index (χ4v) is 1.77. The van der Waals surface area contributed by atoms with Crippen LogP contribution >= 0.6 is 0 Å². The van der Waals surface area contributed by atoms with Crippen molar-refractivity contribution in [1.82, 2.24) is 9.97 Å². The first-order valence-electron chi connectivity index (χ1n) is 4.57. The van der Waals surface area contributed by atoms with E-state index in [0.29, 0.717) is 10.9 Å². The second-order valence-electron chi connectivity index (χ2n) is 4.41. The van der Waals surface area contributed by atoms with Gasteiger partial charge in [-0.1, -0.05) is 0 Å². The summed E-state index contributed by atoms with van der Waals surface area (Å²) in [6.45, 7) is 0. The van der Waals surface area contributed by atoms with Crippen LogP contribution in [0, 0.1) is 0 Å². The number of likely N-dealkylation sites (N-methyl/N-ethyl adjacent to an activating group) is 1. The van der Waals surface area contributed by atoms with Crippen molar-refractivity contribution in [2.75, 3.05) is 21.1 Å². The van der Waals surface area contributed by atoms with Crippen molar-refractivity contribution in [2.24, 2.45) is 0 Å². The van der Waals surface area contributed by atoms with E-state index in [0.717, 1.165) is 10.4 Å². The van der Waals surface area contributed by atoms with Gasteiger partial charge in [0.05, 0.1) is 0 Å². The first-order valence-corrected chi connectivity index (χ1v) is 5.51. The fourth-order valence-electron chi connectivity index (χ4n) is 1.35. The van der Waals surface area contributed by atoms with Crippen LogP contribution in [0.1, 0.15) is 5.69 Å². The van der Waals surface area contributed by atoms with Crippen LogP contribution in [0.15, 0.2) is 6.20 Å². The van der Waals surface area contributed by atoms with Gasteiger partial charge in [0.1, 0.15) is 0 Å². The molecular weight excluding hydrogens is 261 g/mol. The molecule has 0 aliphatic carbocycles. The molecular formula is C9H16N3O2Se+. The zero-order valence-corrected chi connectivity index (χ0v) is 10.9. The molecule has 0 saturated carbocycles. The van der Waals surface area contributed by atoms with Crippen LogP contribution in [0.3, 0.4) is 0 Å².